The standard InChI is InChI=1S/C15H12N4/c1-11-5-4-8-14(17-11)19-13-7-3-2-6-12(13)18-15(19)9-10-16/h2-8H,9H2,1H3. The van der Waals surface area contributed by atoms with E-state index in [1.807, 2.05) is 54.0 Å². The van der Waals surface area contributed by atoms with Gasteiger partial charge in [-0.25, -0.2) is 9.97 Å². The van der Waals surface area contributed by atoms with Gasteiger partial charge in [0.15, 0.2) is 0 Å². The van der Waals surface area contributed by atoms with E-state index in [0.717, 1.165) is 28.4 Å². The molecule has 92 valence electrons. The second-order valence-corrected chi connectivity index (χ2v) is 4.32. The van der Waals surface area contributed by atoms with E-state index in [1.54, 1.807) is 0 Å². The maximum Gasteiger partial charge on any atom is 0.138 e. The Balaban J connectivity index is 2.31. The van der Waals surface area contributed by atoms with Crippen LogP contribution in [0, 0.1) is 18.3 Å². The number of pyridine rings is 1. The number of rotatable bonds is 2. The summed E-state index contributed by atoms with van der Waals surface area (Å²) in [5.74, 6) is 1.53. The topological polar surface area (TPSA) is 54.5 Å². The van der Waals surface area contributed by atoms with Gasteiger partial charge in [-0.15, -0.1) is 0 Å². The number of hydrogen-bond acceptors (Lipinski definition) is 3. The quantitative estimate of drug-likeness (QED) is 0.700. The predicted octanol–water partition coefficient (Wildman–Crippen LogP) is 2.80. The number of hydrogen-bond donors (Lipinski definition) is 0. The third-order valence-corrected chi connectivity index (χ3v) is 2.97. The van der Waals surface area contributed by atoms with Gasteiger partial charge in [-0.3, -0.25) is 4.57 Å². The van der Waals surface area contributed by atoms with Crippen LogP contribution in [0.3, 0.4) is 0 Å². The van der Waals surface area contributed by atoms with E-state index in [-0.39, 0.29) is 6.42 Å². The first kappa shape index (κ1) is 11.4. The smallest absolute Gasteiger partial charge is 0.138 e. The molecule has 0 amide bonds. The Kier molecular flexibility index (Phi) is 2.73. The lowest BCUT2D eigenvalue weighted by Gasteiger charge is -2.07. The van der Waals surface area contributed by atoms with Crippen LogP contribution in [0.1, 0.15) is 11.5 Å². The third-order valence-electron chi connectivity index (χ3n) is 2.97. The minimum absolute atomic E-state index is 0.268. The van der Waals surface area contributed by atoms with E-state index in [0.29, 0.717) is 0 Å². The number of imidazole rings is 1. The zero-order chi connectivity index (χ0) is 13.2. The Hall–Kier alpha value is -2.67. The molecule has 0 aliphatic carbocycles. The van der Waals surface area contributed by atoms with Crippen molar-refractivity contribution >= 4 is 11.0 Å². The van der Waals surface area contributed by atoms with Crippen molar-refractivity contribution < 1.29 is 0 Å². The molecule has 0 aliphatic rings. The highest BCUT2D eigenvalue weighted by Gasteiger charge is 2.12. The average molecular weight is 248 g/mol. The Morgan fingerprint density at radius 1 is 1.11 bits per heavy atom. The molecule has 0 bridgehead atoms. The van der Waals surface area contributed by atoms with Crippen molar-refractivity contribution in [2.45, 2.75) is 13.3 Å². The minimum atomic E-state index is 0.268. The van der Waals surface area contributed by atoms with Crippen LogP contribution >= 0.6 is 0 Å². The Bertz CT molecular complexity index is 780. The van der Waals surface area contributed by atoms with E-state index in [2.05, 4.69) is 16.0 Å². The molecule has 4 heteroatoms. The zero-order valence-electron chi connectivity index (χ0n) is 10.5. The average Bonchev–Trinajstić information content (AvgIpc) is 2.77. The number of nitrogens with zero attached hydrogens (tertiary/aromatic N) is 4. The van der Waals surface area contributed by atoms with Gasteiger partial charge in [0, 0.05) is 5.69 Å². The Labute approximate surface area is 111 Å². The van der Waals surface area contributed by atoms with Crippen molar-refractivity contribution in [3.8, 4) is 11.9 Å². The van der Waals surface area contributed by atoms with Crippen molar-refractivity contribution in [1.82, 2.24) is 14.5 Å². The fraction of sp³-hybridized carbons (Fsp3) is 0.133. The van der Waals surface area contributed by atoms with Gasteiger partial charge in [0.05, 0.1) is 23.5 Å². The first-order valence-corrected chi connectivity index (χ1v) is 6.07. The van der Waals surface area contributed by atoms with Gasteiger partial charge in [0.1, 0.15) is 11.6 Å². The molecular weight excluding hydrogens is 236 g/mol. The Morgan fingerprint density at radius 2 is 1.95 bits per heavy atom. The molecule has 2 heterocycles. The number of fused-ring (bicyclic) bond motifs is 1. The van der Waals surface area contributed by atoms with Gasteiger partial charge in [-0.05, 0) is 31.2 Å². The number of nitriles is 1. The monoisotopic (exact) mass is 248 g/mol. The van der Waals surface area contributed by atoms with Crippen molar-refractivity contribution in [2.75, 3.05) is 0 Å². The molecule has 3 rings (SSSR count). The molecule has 0 unspecified atom stereocenters. The Morgan fingerprint density at radius 3 is 2.74 bits per heavy atom. The van der Waals surface area contributed by atoms with Gasteiger partial charge < -0.3 is 0 Å². The van der Waals surface area contributed by atoms with Crippen LogP contribution in [0.4, 0.5) is 0 Å². The van der Waals surface area contributed by atoms with Gasteiger partial charge in [-0.2, -0.15) is 5.26 Å². The SMILES string of the molecule is Cc1cccc(-n2c(CC#N)nc3ccccc32)n1. The second kappa shape index (κ2) is 4.54. The van der Waals surface area contributed by atoms with Crippen LogP contribution in [0.25, 0.3) is 16.9 Å². The molecule has 19 heavy (non-hydrogen) atoms. The molecule has 1 aromatic carbocycles. The van der Waals surface area contributed by atoms with Gasteiger partial charge in [-0.1, -0.05) is 18.2 Å². The molecule has 0 spiro atoms. The lowest BCUT2D eigenvalue weighted by atomic mass is 10.3. The normalized spacial score (nSPS) is 10.5. The highest BCUT2D eigenvalue weighted by atomic mass is 15.1. The molecule has 4 nitrogen and oxygen atoms in total. The highest BCUT2D eigenvalue weighted by Crippen LogP contribution is 2.20. The molecule has 0 saturated carbocycles. The summed E-state index contributed by atoms with van der Waals surface area (Å²) in [6, 6.07) is 15.9. The largest absolute Gasteiger partial charge is 0.279 e. The molecule has 2 aromatic heterocycles. The lowest BCUT2D eigenvalue weighted by Crippen LogP contribution is -2.03. The van der Waals surface area contributed by atoms with Gasteiger partial charge >= 0.3 is 0 Å². The van der Waals surface area contributed by atoms with Crippen LogP contribution in [-0.4, -0.2) is 14.5 Å². The summed E-state index contributed by atoms with van der Waals surface area (Å²) in [6.45, 7) is 1.95. The maximum absolute atomic E-state index is 8.95. The lowest BCUT2D eigenvalue weighted by molar-refractivity contribution is 0.914. The first-order valence-electron chi connectivity index (χ1n) is 6.07. The van der Waals surface area contributed by atoms with Crippen LogP contribution in [-0.2, 0) is 6.42 Å². The molecule has 0 fully saturated rings. The van der Waals surface area contributed by atoms with Crippen molar-refractivity contribution in [3.05, 3.63) is 54.0 Å². The summed E-state index contributed by atoms with van der Waals surface area (Å²) in [6.07, 6.45) is 0.268. The molecule has 3 aromatic rings. The van der Waals surface area contributed by atoms with Crippen molar-refractivity contribution in [2.24, 2.45) is 0 Å². The van der Waals surface area contributed by atoms with E-state index in [4.69, 9.17) is 5.26 Å². The third kappa shape index (κ3) is 1.95. The highest BCUT2D eigenvalue weighted by molar-refractivity contribution is 5.77. The summed E-state index contributed by atoms with van der Waals surface area (Å²) in [4.78, 5) is 9.03. The molecule has 0 radical (unpaired) electrons. The molecule has 0 N–H and O–H groups in total. The maximum atomic E-state index is 8.95. The number of benzene rings is 1. The van der Waals surface area contributed by atoms with E-state index in [1.165, 1.54) is 0 Å². The summed E-state index contributed by atoms with van der Waals surface area (Å²) in [5, 5.41) is 8.95. The van der Waals surface area contributed by atoms with Crippen LogP contribution in [0.15, 0.2) is 42.5 Å². The number of para-hydroxylation sites is 2. The molecule has 0 saturated heterocycles. The fourth-order valence-corrected chi connectivity index (χ4v) is 2.17. The minimum Gasteiger partial charge on any atom is -0.279 e. The first-order chi connectivity index (χ1) is 9.29. The summed E-state index contributed by atoms with van der Waals surface area (Å²) in [7, 11) is 0. The summed E-state index contributed by atoms with van der Waals surface area (Å²) in [5.41, 5.74) is 2.81. The number of aromatic nitrogens is 3. The van der Waals surface area contributed by atoms with Crippen LogP contribution < -0.4 is 0 Å². The van der Waals surface area contributed by atoms with E-state index in [9.17, 15) is 0 Å². The summed E-state index contributed by atoms with van der Waals surface area (Å²) >= 11 is 0. The van der Waals surface area contributed by atoms with E-state index < -0.39 is 0 Å². The summed E-state index contributed by atoms with van der Waals surface area (Å²) < 4.78 is 1.95. The van der Waals surface area contributed by atoms with Gasteiger partial charge in [0.2, 0.25) is 0 Å². The number of aryl methyl sites for hydroxylation is 1. The molecule has 0 aliphatic heterocycles. The van der Waals surface area contributed by atoms with Crippen LogP contribution in [0.5, 0.6) is 0 Å². The second-order valence-electron chi connectivity index (χ2n) is 4.32. The predicted molar refractivity (Wildman–Crippen MR) is 72.9 cm³/mol. The van der Waals surface area contributed by atoms with Crippen molar-refractivity contribution in [3.63, 3.8) is 0 Å². The van der Waals surface area contributed by atoms with Crippen molar-refractivity contribution in [1.29, 1.82) is 5.26 Å². The van der Waals surface area contributed by atoms with Gasteiger partial charge in [0.25, 0.3) is 0 Å². The zero-order valence-corrected chi connectivity index (χ0v) is 10.5. The van der Waals surface area contributed by atoms with E-state index >= 15 is 0 Å². The molecule has 0 atom stereocenters. The fourth-order valence-electron chi connectivity index (χ4n) is 2.17. The van der Waals surface area contributed by atoms with Crippen LogP contribution in [0.2, 0.25) is 0 Å². The molecular formula is C15H12N4.